The third kappa shape index (κ3) is 4.02. The van der Waals surface area contributed by atoms with Crippen LogP contribution in [0, 0.1) is 5.92 Å². The van der Waals surface area contributed by atoms with E-state index in [1.54, 1.807) is 12.1 Å². The molecule has 24 heavy (non-hydrogen) atoms. The summed E-state index contributed by atoms with van der Waals surface area (Å²) in [6.45, 7) is 4.04. The first kappa shape index (κ1) is 17.5. The van der Waals surface area contributed by atoms with E-state index in [0.29, 0.717) is 23.0 Å². The van der Waals surface area contributed by atoms with Crippen LogP contribution in [-0.4, -0.2) is 53.1 Å². The summed E-state index contributed by atoms with van der Waals surface area (Å²) < 4.78 is 28.5. The Kier molecular flexibility index (Phi) is 5.32. The van der Waals surface area contributed by atoms with Gasteiger partial charge in [-0.2, -0.15) is 0 Å². The van der Waals surface area contributed by atoms with Crippen LogP contribution in [0.4, 0.5) is 11.4 Å². The maximum atomic E-state index is 12.9. The summed E-state index contributed by atoms with van der Waals surface area (Å²) in [6, 6.07) is 5.21. The van der Waals surface area contributed by atoms with Crippen molar-refractivity contribution >= 4 is 21.4 Å². The number of anilines is 2. The number of nitrogens with two attached hydrogens (primary N) is 1. The van der Waals surface area contributed by atoms with Crippen LogP contribution in [-0.2, 0) is 10.0 Å². The lowest BCUT2D eigenvalue weighted by atomic mass is 10.1. The third-order valence-corrected chi connectivity index (χ3v) is 6.61. The number of nitrogen functional groups attached to an aromatic ring is 1. The van der Waals surface area contributed by atoms with Gasteiger partial charge in [-0.3, -0.25) is 0 Å². The molecule has 1 saturated carbocycles. The largest absolute Gasteiger partial charge is 0.399 e. The van der Waals surface area contributed by atoms with Crippen molar-refractivity contribution in [3.8, 4) is 0 Å². The van der Waals surface area contributed by atoms with Gasteiger partial charge in [0.2, 0.25) is 10.0 Å². The summed E-state index contributed by atoms with van der Waals surface area (Å²) in [6.07, 6.45) is 4.64. The molecular weight excluding hydrogens is 324 g/mol. The molecule has 0 spiro atoms. The number of sulfonamides is 1. The molecule has 2 aliphatic rings. The van der Waals surface area contributed by atoms with Gasteiger partial charge in [0.15, 0.2) is 0 Å². The molecule has 3 rings (SSSR count). The van der Waals surface area contributed by atoms with Gasteiger partial charge in [0.05, 0.1) is 5.69 Å². The molecule has 0 aromatic heterocycles. The zero-order valence-corrected chi connectivity index (χ0v) is 15.2. The lowest BCUT2D eigenvalue weighted by Crippen LogP contribution is -2.45. The van der Waals surface area contributed by atoms with Crippen LogP contribution in [0.25, 0.3) is 0 Å². The molecule has 1 aliphatic heterocycles. The first-order valence-corrected chi connectivity index (χ1v) is 10.3. The first-order valence-electron chi connectivity index (χ1n) is 8.78. The van der Waals surface area contributed by atoms with E-state index in [2.05, 4.69) is 21.6 Å². The highest BCUT2D eigenvalue weighted by atomic mass is 32.2. The SMILES string of the molecule is CN1CCN(c2ccc(N)cc2S(=O)(=O)NCC2CCCC2)CC1. The summed E-state index contributed by atoms with van der Waals surface area (Å²) in [7, 11) is -1.46. The number of hydrogen-bond acceptors (Lipinski definition) is 5. The summed E-state index contributed by atoms with van der Waals surface area (Å²) in [4.78, 5) is 4.70. The van der Waals surface area contributed by atoms with Crippen LogP contribution in [0.1, 0.15) is 25.7 Å². The highest BCUT2D eigenvalue weighted by Gasteiger charge is 2.25. The van der Waals surface area contributed by atoms with Gasteiger partial charge in [0, 0.05) is 38.4 Å². The molecule has 0 amide bonds. The molecule has 0 atom stereocenters. The average Bonchev–Trinajstić information content (AvgIpc) is 3.07. The van der Waals surface area contributed by atoms with Crippen molar-refractivity contribution in [1.29, 1.82) is 0 Å². The molecule has 7 heteroatoms. The summed E-state index contributed by atoms with van der Waals surface area (Å²) in [5.74, 6) is 0.466. The van der Waals surface area contributed by atoms with Crippen molar-refractivity contribution in [2.24, 2.45) is 5.92 Å². The van der Waals surface area contributed by atoms with E-state index in [0.717, 1.165) is 44.7 Å². The lowest BCUT2D eigenvalue weighted by molar-refractivity contribution is 0.312. The smallest absolute Gasteiger partial charge is 0.242 e. The van der Waals surface area contributed by atoms with Gasteiger partial charge in [-0.25, -0.2) is 13.1 Å². The topological polar surface area (TPSA) is 78.7 Å². The van der Waals surface area contributed by atoms with Crippen molar-refractivity contribution in [2.45, 2.75) is 30.6 Å². The van der Waals surface area contributed by atoms with E-state index in [-0.39, 0.29) is 0 Å². The fourth-order valence-corrected chi connectivity index (χ4v) is 4.95. The Morgan fingerprint density at radius 1 is 1.17 bits per heavy atom. The molecule has 134 valence electrons. The minimum atomic E-state index is -3.55. The minimum Gasteiger partial charge on any atom is -0.399 e. The molecular formula is C17H28N4O2S. The summed E-state index contributed by atoms with van der Waals surface area (Å²) in [5.41, 5.74) is 7.12. The van der Waals surface area contributed by atoms with E-state index in [1.165, 1.54) is 12.8 Å². The van der Waals surface area contributed by atoms with Crippen LogP contribution in [0.5, 0.6) is 0 Å². The Labute approximate surface area is 145 Å². The fraction of sp³-hybridized carbons (Fsp3) is 0.647. The van der Waals surface area contributed by atoms with E-state index in [1.807, 2.05) is 6.07 Å². The molecule has 1 aliphatic carbocycles. The molecule has 1 aromatic carbocycles. The maximum absolute atomic E-state index is 12.9. The highest BCUT2D eigenvalue weighted by Crippen LogP contribution is 2.29. The van der Waals surface area contributed by atoms with E-state index >= 15 is 0 Å². The lowest BCUT2D eigenvalue weighted by Gasteiger charge is -2.35. The molecule has 6 nitrogen and oxygen atoms in total. The van der Waals surface area contributed by atoms with Gasteiger partial charge in [0.1, 0.15) is 4.90 Å². The monoisotopic (exact) mass is 352 g/mol. The van der Waals surface area contributed by atoms with E-state index < -0.39 is 10.0 Å². The van der Waals surface area contributed by atoms with Crippen molar-refractivity contribution < 1.29 is 8.42 Å². The number of nitrogens with zero attached hydrogens (tertiary/aromatic N) is 2. The Hall–Kier alpha value is -1.31. The Balaban J connectivity index is 1.81. The number of likely N-dealkylation sites (N-methyl/N-ethyl adjacent to an activating group) is 1. The number of benzene rings is 1. The van der Waals surface area contributed by atoms with Crippen molar-refractivity contribution in [2.75, 3.05) is 50.4 Å². The van der Waals surface area contributed by atoms with Crippen LogP contribution >= 0.6 is 0 Å². The van der Waals surface area contributed by atoms with Crippen LogP contribution in [0.2, 0.25) is 0 Å². The Bertz CT molecular complexity index is 663. The Morgan fingerprint density at radius 3 is 2.50 bits per heavy atom. The summed E-state index contributed by atoms with van der Waals surface area (Å²) in [5, 5.41) is 0. The zero-order valence-electron chi connectivity index (χ0n) is 14.4. The quantitative estimate of drug-likeness (QED) is 0.785. The van der Waals surface area contributed by atoms with Gasteiger partial charge in [0.25, 0.3) is 0 Å². The zero-order chi connectivity index (χ0) is 17.2. The second-order valence-electron chi connectivity index (χ2n) is 7.02. The standard InChI is InChI=1S/C17H28N4O2S/c1-20-8-10-21(11-9-20)16-7-6-15(18)12-17(16)24(22,23)19-13-14-4-2-3-5-14/h6-7,12,14,19H,2-5,8-11,13,18H2,1H3. The molecule has 3 N–H and O–H groups in total. The van der Waals surface area contributed by atoms with E-state index in [9.17, 15) is 8.42 Å². The Morgan fingerprint density at radius 2 is 1.83 bits per heavy atom. The molecule has 1 saturated heterocycles. The number of hydrogen-bond donors (Lipinski definition) is 2. The van der Waals surface area contributed by atoms with Crippen molar-refractivity contribution in [3.05, 3.63) is 18.2 Å². The van der Waals surface area contributed by atoms with Crippen LogP contribution in [0.15, 0.2) is 23.1 Å². The predicted octanol–water partition coefficient (Wildman–Crippen LogP) is 1.49. The van der Waals surface area contributed by atoms with Gasteiger partial charge >= 0.3 is 0 Å². The van der Waals surface area contributed by atoms with Crippen molar-refractivity contribution in [3.63, 3.8) is 0 Å². The summed E-state index contributed by atoms with van der Waals surface area (Å²) >= 11 is 0. The maximum Gasteiger partial charge on any atom is 0.242 e. The highest BCUT2D eigenvalue weighted by molar-refractivity contribution is 7.89. The second-order valence-corrected chi connectivity index (χ2v) is 8.76. The second kappa shape index (κ2) is 7.29. The predicted molar refractivity (Wildman–Crippen MR) is 97.7 cm³/mol. The van der Waals surface area contributed by atoms with Gasteiger partial charge in [-0.1, -0.05) is 12.8 Å². The number of nitrogens with one attached hydrogen (secondary N) is 1. The van der Waals surface area contributed by atoms with E-state index in [4.69, 9.17) is 5.73 Å². The molecule has 2 fully saturated rings. The van der Waals surface area contributed by atoms with Gasteiger partial charge in [-0.15, -0.1) is 0 Å². The molecule has 1 aromatic rings. The van der Waals surface area contributed by atoms with Gasteiger partial charge in [-0.05, 0) is 44.0 Å². The van der Waals surface area contributed by atoms with Crippen LogP contribution < -0.4 is 15.4 Å². The average molecular weight is 353 g/mol. The first-order chi connectivity index (χ1) is 11.5. The molecule has 0 radical (unpaired) electrons. The molecule has 1 heterocycles. The van der Waals surface area contributed by atoms with Crippen molar-refractivity contribution in [1.82, 2.24) is 9.62 Å². The molecule has 0 bridgehead atoms. The van der Waals surface area contributed by atoms with Gasteiger partial charge < -0.3 is 15.5 Å². The fourth-order valence-electron chi connectivity index (χ4n) is 3.57. The minimum absolute atomic E-state index is 0.310. The van der Waals surface area contributed by atoms with Crippen LogP contribution in [0.3, 0.4) is 0 Å². The molecule has 0 unspecified atom stereocenters. The normalized spacial score (nSPS) is 20.6. The number of piperazine rings is 1. The number of rotatable bonds is 5. The third-order valence-electron chi connectivity index (χ3n) is 5.15.